The maximum absolute atomic E-state index is 8.81. The number of aryl methyl sites for hydroxylation is 1. The summed E-state index contributed by atoms with van der Waals surface area (Å²) in [4.78, 5) is 6.50. The Labute approximate surface area is 141 Å². The zero-order valence-corrected chi connectivity index (χ0v) is 14.0. The first-order valence-corrected chi connectivity index (χ1v) is 8.15. The van der Waals surface area contributed by atoms with E-state index in [1.807, 2.05) is 30.1 Å². The van der Waals surface area contributed by atoms with Crippen LogP contribution >= 0.6 is 0 Å². The number of pyridine rings is 1. The Hall–Kier alpha value is -2.43. The van der Waals surface area contributed by atoms with Crippen LogP contribution in [0.25, 0.3) is 0 Å². The third-order valence-electron chi connectivity index (χ3n) is 4.31. The molecule has 0 amide bonds. The molecule has 0 spiro atoms. The Morgan fingerprint density at radius 3 is 2.92 bits per heavy atom. The van der Waals surface area contributed by atoms with Crippen molar-refractivity contribution in [2.75, 3.05) is 31.6 Å². The summed E-state index contributed by atoms with van der Waals surface area (Å²) in [7, 11) is 1.93. The molecule has 1 saturated heterocycles. The van der Waals surface area contributed by atoms with E-state index in [4.69, 9.17) is 10.00 Å². The van der Waals surface area contributed by atoms with Crippen molar-refractivity contribution in [3.8, 4) is 6.07 Å². The van der Waals surface area contributed by atoms with Crippen LogP contribution < -0.4 is 5.32 Å². The summed E-state index contributed by atoms with van der Waals surface area (Å²) < 4.78 is 7.87. The molecule has 3 rings (SSSR count). The average molecular weight is 326 g/mol. The van der Waals surface area contributed by atoms with E-state index in [-0.39, 0.29) is 12.1 Å². The molecule has 1 aliphatic heterocycles. The van der Waals surface area contributed by atoms with Crippen LogP contribution in [0.15, 0.2) is 30.7 Å². The van der Waals surface area contributed by atoms with Gasteiger partial charge in [-0.2, -0.15) is 10.4 Å². The second kappa shape index (κ2) is 7.43. The summed E-state index contributed by atoms with van der Waals surface area (Å²) in [5.74, 6) is 0. The fourth-order valence-electron chi connectivity index (χ4n) is 3.11. The van der Waals surface area contributed by atoms with Gasteiger partial charge in [0.15, 0.2) is 0 Å². The molecule has 0 saturated carbocycles. The van der Waals surface area contributed by atoms with E-state index >= 15 is 0 Å². The Morgan fingerprint density at radius 2 is 2.29 bits per heavy atom. The minimum atomic E-state index is 0.0264. The average Bonchev–Trinajstić information content (AvgIpc) is 3.05. The lowest BCUT2D eigenvalue weighted by Gasteiger charge is -2.40. The van der Waals surface area contributed by atoms with Gasteiger partial charge in [0.2, 0.25) is 0 Å². The number of morpholine rings is 1. The highest BCUT2D eigenvalue weighted by atomic mass is 16.5. The Kier molecular flexibility index (Phi) is 5.08. The van der Waals surface area contributed by atoms with Gasteiger partial charge in [0.05, 0.1) is 36.8 Å². The lowest BCUT2D eigenvalue weighted by molar-refractivity contribution is -0.0639. The Morgan fingerprint density at radius 1 is 1.42 bits per heavy atom. The summed E-state index contributed by atoms with van der Waals surface area (Å²) in [5.41, 5.74) is 2.47. The van der Waals surface area contributed by atoms with E-state index in [2.05, 4.69) is 33.4 Å². The van der Waals surface area contributed by atoms with Gasteiger partial charge in [-0.15, -0.1) is 0 Å². The van der Waals surface area contributed by atoms with Gasteiger partial charge >= 0.3 is 0 Å². The molecule has 1 N–H and O–H groups in total. The number of nitrogens with one attached hydrogen (secondary N) is 1. The van der Waals surface area contributed by atoms with Crippen LogP contribution in [0.5, 0.6) is 0 Å². The van der Waals surface area contributed by atoms with Crippen molar-refractivity contribution in [3.63, 3.8) is 0 Å². The van der Waals surface area contributed by atoms with E-state index in [1.54, 1.807) is 12.3 Å². The van der Waals surface area contributed by atoms with Gasteiger partial charge in [0.25, 0.3) is 0 Å². The van der Waals surface area contributed by atoms with Crippen LogP contribution in [-0.2, 0) is 11.8 Å². The lowest BCUT2D eigenvalue weighted by atomic mass is 10.0. The van der Waals surface area contributed by atoms with Gasteiger partial charge < -0.3 is 10.1 Å². The molecule has 0 radical (unpaired) electrons. The van der Waals surface area contributed by atoms with Crippen molar-refractivity contribution in [1.82, 2.24) is 19.7 Å². The molecule has 2 atom stereocenters. The molecule has 7 heteroatoms. The monoisotopic (exact) mass is 326 g/mol. The first kappa shape index (κ1) is 16.4. The number of ether oxygens (including phenoxy) is 1. The molecule has 24 heavy (non-hydrogen) atoms. The number of anilines is 1. The SMILES string of the molecule is CCN1CCO[C@@H](CNc2ccc(C#N)nc2)[C@@H]1c1cnn(C)c1. The van der Waals surface area contributed by atoms with Gasteiger partial charge in [-0.1, -0.05) is 6.92 Å². The van der Waals surface area contributed by atoms with E-state index in [0.717, 1.165) is 25.4 Å². The Bertz CT molecular complexity index is 705. The van der Waals surface area contributed by atoms with Crippen LogP contribution in [0.2, 0.25) is 0 Å². The predicted octanol–water partition coefficient (Wildman–Crippen LogP) is 1.56. The highest BCUT2D eigenvalue weighted by Crippen LogP contribution is 2.29. The van der Waals surface area contributed by atoms with Crippen LogP contribution in [0.1, 0.15) is 24.2 Å². The van der Waals surface area contributed by atoms with Crippen molar-refractivity contribution < 1.29 is 4.74 Å². The molecular weight excluding hydrogens is 304 g/mol. The van der Waals surface area contributed by atoms with Crippen molar-refractivity contribution in [2.45, 2.75) is 19.1 Å². The van der Waals surface area contributed by atoms with Crippen LogP contribution in [0.4, 0.5) is 5.69 Å². The fraction of sp³-hybridized carbons (Fsp3) is 0.471. The highest BCUT2D eigenvalue weighted by Gasteiger charge is 2.33. The molecular formula is C17H22N6O. The molecule has 2 aromatic heterocycles. The molecule has 0 unspecified atom stereocenters. The first-order valence-electron chi connectivity index (χ1n) is 8.15. The molecule has 0 aromatic carbocycles. The largest absolute Gasteiger partial charge is 0.381 e. The van der Waals surface area contributed by atoms with E-state index < -0.39 is 0 Å². The molecule has 2 aromatic rings. The third-order valence-corrected chi connectivity index (χ3v) is 4.31. The van der Waals surface area contributed by atoms with E-state index in [9.17, 15) is 0 Å². The van der Waals surface area contributed by atoms with E-state index in [1.165, 1.54) is 5.56 Å². The number of likely N-dealkylation sites (N-methyl/N-ethyl adjacent to an activating group) is 1. The zero-order valence-electron chi connectivity index (χ0n) is 14.0. The number of aromatic nitrogens is 3. The lowest BCUT2D eigenvalue weighted by Crippen LogP contribution is -2.47. The van der Waals surface area contributed by atoms with Crippen LogP contribution in [0.3, 0.4) is 0 Å². The minimum Gasteiger partial charge on any atom is -0.381 e. The molecule has 0 bridgehead atoms. The standard InChI is InChI=1S/C17H22N6O/c1-3-23-6-7-24-16(17(23)13-9-21-22(2)12-13)11-20-15-5-4-14(8-18)19-10-15/h4-5,9-10,12,16-17,20H,3,6-7,11H2,1-2H3/t16-,17-/m0/s1. The number of rotatable bonds is 5. The smallest absolute Gasteiger partial charge is 0.140 e. The molecule has 1 fully saturated rings. The van der Waals surface area contributed by atoms with Crippen molar-refractivity contribution in [3.05, 3.63) is 42.0 Å². The second-order valence-corrected chi connectivity index (χ2v) is 5.85. The summed E-state index contributed by atoms with van der Waals surface area (Å²) >= 11 is 0. The van der Waals surface area contributed by atoms with Crippen LogP contribution in [-0.4, -0.2) is 52.0 Å². The van der Waals surface area contributed by atoms with Crippen molar-refractivity contribution >= 4 is 5.69 Å². The topological polar surface area (TPSA) is 79.0 Å². The molecule has 3 heterocycles. The highest BCUT2D eigenvalue weighted by molar-refractivity contribution is 5.42. The third kappa shape index (κ3) is 3.55. The summed E-state index contributed by atoms with van der Waals surface area (Å²) in [6.07, 6.45) is 5.67. The summed E-state index contributed by atoms with van der Waals surface area (Å²) in [6.45, 7) is 5.46. The van der Waals surface area contributed by atoms with Crippen molar-refractivity contribution in [1.29, 1.82) is 5.26 Å². The maximum atomic E-state index is 8.81. The van der Waals surface area contributed by atoms with Crippen LogP contribution in [0, 0.1) is 11.3 Å². The van der Waals surface area contributed by atoms with E-state index in [0.29, 0.717) is 12.2 Å². The van der Waals surface area contributed by atoms with Crippen molar-refractivity contribution in [2.24, 2.45) is 7.05 Å². The zero-order chi connectivity index (χ0) is 16.9. The molecule has 126 valence electrons. The molecule has 0 aliphatic carbocycles. The summed E-state index contributed by atoms with van der Waals surface area (Å²) in [5, 5.41) is 16.5. The molecule has 7 nitrogen and oxygen atoms in total. The fourth-order valence-corrected chi connectivity index (χ4v) is 3.11. The van der Waals surface area contributed by atoms with Gasteiger partial charge in [-0.25, -0.2) is 4.98 Å². The van der Waals surface area contributed by atoms with Gasteiger partial charge in [0, 0.05) is 31.9 Å². The normalized spacial score (nSPS) is 21.4. The quantitative estimate of drug-likeness (QED) is 0.898. The molecule has 1 aliphatic rings. The first-order chi connectivity index (χ1) is 11.7. The second-order valence-electron chi connectivity index (χ2n) is 5.85. The number of nitriles is 1. The maximum Gasteiger partial charge on any atom is 0.140 e. The number of hydrogen-bond donors (Lipinski definition) is 1. The number of hydrogen-bond acceptors (Lipinski definition) is 6. The van der Waals surface area contributed by atoms with Gasteiger partial charge in [-0.3, -0.25) is 9.58 Å². The Balaban J connectivity index is 1.72. The number of nitrogens with zero attached hydrogens (tertiary/aromatic N) is 5. The van der Waals surface area contributed by atoms with Gasteiger partial charge in [-0.05, 0) is 18.7 Å². The minimum absolute atomic E-state index is 0.0264. The summed E-state index contributed by atoms with van der Waals surface area (Å²) in [6, 6.07) is 5.78. The van der Waals surface area contributed by atoms with Gasteiger partial charge in [0.1, 0.15) is 11.8 Å². The predicted molar refractivity (Wildman–Crippen MR) is 90.4 cm³/mol.